The molecule has 3 aromatic rings. The molecule has 2 heterocycles. The molecule has 1 aromatic heterocycles. The average molecular weight is 491 g/mol. The molecule has 0 bridgehead atoms. The maximum atomic E-state index is 13.4. The zero-order chi connectivity index (χ0) is 25.7. The number of amides is 2. The van der Waals surface area contributed by atoms with Gasteiger partial charge in [0.1, 0.15) is 17.7 Å². The van der Waals surface area contributed by atoms with Crippen LogP contribution in [0.2, 0.25) is 0 Å². The number of likely N-dealkylation sites (N-methyl/N-ethyl adjacent to an activating group) is 1. The van der Waals surface area contributed by atoms with Crippen molar-refractivity contribution in [2.45, 2.75) is 39.0 Å². The van der Waals surface area contributed by atoms with E-state index in [0.29, 0.717) is 48.6 Å². The Morgan fingerprint density at radius 1 is 1.17 bits per heavy atom. The van der Waals surface area contributed by atoms with Crippen LogP contribution >= 0.6 is 0 Å². The van der Waals surface area contributed by atoms with Crippen LogP contribution in [-0.4, -0.2) is 58.9 Å². The number of ether oxygens (including phenoxy) is 1. The third-order valence-electron chi connectivity index (χ3n) is 6.17. The molecule has 36 heavy (non-hydrogen) atoms. The summed E-state index contributed by atoms with van der Waals surface area (Å²) >= 11 is 0. The first-order chi connectivity index (χ1) is 17.3. The molecule has 0 aliphatic carbocycles. The van der Waals surface area contributed by atoms with Crippen LogP contribution in [-0.2, 0) is 6.54 Å². The van der Waals surface area contributed by atoms with Gasteiger partial charge in [-0.2, -0.15) is 0 Å². The van der Waals surface area contributed by atoms with Gasteiger partial charge >= 0.3 is 0 Å². The van der Waals surface area contributed by atoms with E-state index in [9.17, 15) is 14.0 Å². The Labute approximate surface area is 210 Å². The standard InChI is InChI=1S/C28H31FN4O3/c1-19(2)33-16-13-23(18-32(3)17-20-7-9-21(29)10-8-20)36-26-24(5-4-6-25(26)28(33)35)27(34)31-22-11-14-30-15-12-22/h4-12,14-15,19,23H,13,16-18H2,1-3H3,(H,30,31,34). The number of hydrogen-bond acceptors (Lipinski definition) is 5. The number of anilines is 1. The molecule has 0 saturated heterocycles. The smallest absolute Gasteiger partial charge is 0.259 e. The number of pyridine rings is 1. The first-order valence-corrected chi connectivity index (χ1v) is 12.1. The molecule has 4 rings (SSSR count). The molecule has 0 fully saturated rings. The summed E-state index contributed by atoms with van der Waals surface area (Å²) < 4.78 is 19.7. The van der Waals surface area contributed by atoms with E-state index in [2.05, 4.69) is 15.2 Å². The van der Waals surface area contributed by atoms with Crippen molar-refractivity contribution in [1.82, 2.24) is 14.8 Å². The molecular formula is C28H31FN4O3. The Bertz CT molecular complexity index is 1200. The normalized spacial score (nSPS) is 15.8. The molecule has 8 heteroatoms. The van der Waals surface area contributed by atoms with E-state index in [1.807, 2.05) is 25.8 Å². The fraction of sp³-hybridized carbons (Fsp3) is 0.321. The van der Waals surface area contributed by atoms with Crippen LogP contribution in [0.25, 0.3) is 0 Å². The van der Waals surface area contributed by atoms with Crippen LogP contribution in [0.15, 0.2) is 67.0 Å². The summed E-state index contributed by atoms with van der Waals surface area (Å²) in [5.41, 5.74) is 2.26. The van der Waals surface area contributed by atoms with Crippen LogP contribution in [0.1, 0.15) is 46.5 Å². The third kappa shape index (κ3) is 6.07. The number of aromatic nitrogens is 1. The minimum Gasteiger partial charge on any atom is -0.487 e. The van der Waals surface area contributed by atoms with Crippen molar-refractivity contribution < 1.29 is 18.7 Å². The topological polar surface area (TPSA) is 74.8 Å². The summed E-state index contributed by atoms with van der Waals surface area (Å²) in [6.07, 6.45) is 3.54. The largest absolute Gasteiger partial charge is 0.487 e. The van der Waals surface area contributed by atoms with Crippen LogP contribution in [0.5, 0.6) is 5.75 Å². The lowest BCUT2D eigenvalue weighted by Gasteiger charge is -2.34. The number of carbonyl (C=O) groups excluding carboxylic acids is 2. The highest BCUT2D eigenvalue weighted by atomic mass is 19.1. The van der Waals surface area contributed by atoms with E-state index in [4.69, 9.17) is 4.74 Å². The molecule has 188 valence electrons. The maximum Gasteiger partial charge on any atom is 0.259 e. The number of benzene rings is 2. The van der Waals surface area contributed by atoms with Gasteiger partial charge in [0.25, 0.3) is 11.8 Å². The third-order valence-corrected chi connectivity index (χ3v) is 6.17. The molecule has 2 aromatic carbocycles. The Morgan fingerprint density at radius 3 is 2.58 bits per heavy atom. The summed E-state index contributed by atoms with van der Waals surface area (Å²) in [5, 5.41) is 2.86. The zero-order valence-corrected chi connectivity index (χ0v) is 20.8. The van der Waals surface area contributed by atoms with Gasteiger partial charge in [-0.3, -0.25) is 19.5 Å². The predicted octanol–water partition coefficient (Wildman–Crippen LogP) is 4.61. The van der Waals surface area contributed by atoms with Crippen molar-refractivity contribution in [3.05, 3.63) is 89.5 Å². The van der Waals surface area contributed by atoms with Crippen LogP contribution in [0, 0.1) is 5.82 Å². The molecule has 0 spiro atoms. The number of nitrogens with zero attached hydrogens (tertiary/aromatic N) is 3. The van der Waals surface area contributed by atoms with Gasteiger partial charge < -0.3 is 15.0 Å². The molecule has 1 aliphatic heterocycles. The summed E-state index contributed by atoms with van der Waals surface area (Å²) in [4.78, 5) is 34.5. The molecule has 7 nitrogen and oxygen atoms in total. The average Bonchev–Trinajstić information content (AvgIpc) is 2.85. The maximum absolute atomic E-state index is 13.4. The number of carbonyl (C=O) groups is 2. The first-order valence-electron chi connectivity index (χ1n) is 12.1. The highest BCUT2D eigenvalue weighted by molar-refractivity contribution is 6.09. The minimum absolute atomic E-state index is 0.00431. The summed E-state index contributed by atoms with van der Waals surface area (Å²) in [7, 11) is 1.97. The predicted molar refractivity (Wildman–Crippen MR) is 137 cm³/mol. The van der Waals surface area contributed by atoms with Gasteiger partial charge in [0.2, 0.25) is 0 Å². The molecule has 1 aliphatic rings. The second-order valence-corrected chi connectivity index (χ2v) is 9.32. The Balaban J connectivity index is 1.62. The van der Waals surface area contributed by atoms with Gasteiger partial charge in [-0.15, -0.1) is 0 Å². The fourth-order valence-electron chi connectivity index (χ4n) is 4.34. The van der Waals surface area contributed by atoms with E-state index < -0.39 is 0 Å². The molecule has 0 radical (unpaired) electrons. The van der Waals surface area contributed by atoms with E-state index >= 15 is 0 Å². The van der Waals surface area contributed by atoms with Crippen molar-refractivity contribution in [1.29, 1.82) is 0 Å². The summed E-state index contributed by atoms with van der Waals surface area (Å²) in [6, 6.07) is 14.9. The quantitative estimate of drug-likeness (QED) is 0.524. The monoisotopic (exact) mass is 490 g/mol. The fourth-order valence-corrected chi connectivity index (χ4v) is 4.34. The van der Waals surface area contributed by atoms with E-state index in [-0.39, 0.29) is 29.8 Å². The van der Waals surface area contributed by atoms with Crippen molar-refractivity contribution >= 4 is 17.5 Å². The lowest BCUT2D eigenvalue weighted by molar-refractivity contribution is 0.0592. The van der Waals surface area contributed by atoms with Gasteiger partial charge in [0.15, 0.2) is 0 Å². The zero-order valence-electron chi connectivity index (χ0n) is 20.8. The first kappa shape index (κ1) is 25.3. The van der Waals surface area contributed by atoms with Crippen molar-refractivity contribution in [3.8, 4) is 5.75 Å². The van der Waals surface area contributed by atoms with Gasteiger partial charge in [-0.25, -0.2) is 4.39 Å². The second kappa shape index (κ2) is 11.3. The SMILES string of the molecule is CC(C)N1CCC(CN(C)Cc2ccc(F)cc2)Oc2c(C(=O)Nc3ccncc3)cccc2C1=O. The van der Waals surface area contributed by atoms with Crippen molar-refractivity contribution in [2.24, 2.45) is 0 Å². The van der Waals surface area contributed by atoms with Crippen molar-refractivity contribution in [2.75, 3.05) is 25.5 Å². The Hall–Kier alpha value is -3.78. The van der Waals surface area contributed by atoms with Crippen LogP contribution in [0.3, 0.4) is 0 Å². The molecule has 2 amide bonds. The van der Waals surface area contributed by atoms with Crippen molar-refractivity contribution in [3.63, 3.8) is 0 Å². The number of para-hydroxylation sites is 1. The number of fused-ring (bicyclic) bond motifs is 1. The number of rotatable bonds is 7. The Kier molecular flexibility index (Phi) is 7.95. The summed E-state index contributed by atoms with van der Waals surface area (Å²) in [5.74, 6) is -0.491. The highest BCUT2D eigenvalue weighted by Gasteiger charge is 2.31. The number of hydrogen-bond donors (Lipinski definition) is 1. The number of nitrogens with one attached hydrogen (secondary N) is 1. The Morgan fingerprint density at radius 2 is 1.89 bits per heavy atom. The second-order valence-electron chi connectivity index (χ2n) is 9.32. The van der Waals surface area contributed by atoms with Gasteiger partial charge in [-0.1, -0.05) is 18.2 Å². The molecule has 1 N–H and O–H groups in total. The van der Waals surface area contributed by atoms with E-state index in [0.717, 1.165) is 5.56 Å². The van der Waals surface area contributed by atoms with Crippen LogP contribution < -0.4 is 10.1 Å². The number of halogens is 1. The molecule has 0 saturated carbocycles. The van der Waals surface area contributed by atoms with Gasteiger partial charge in [0.05, 0.1) is 11.1 Å². The van der Waals surface area contributed by atoms with Crippen LogP contribution in [0.4, 0.5) is 10.1 Å². The highest BCUT2D eigenvalue weighted by Crippen LogP contribution is 2.31. The molecule has 1 unspecified atom stereocenters. The lowest BCUT2D eigenvalue weighted by Crippen LogP contribution is -2.44. The lowest BCUT2D eigenvalue weighted by atomic mass is 10.0. The van der Waals surface area contributed by atoms with E-state index in [1.54, 1.807) is 54.9 Å². The van der Waals surface area contributed by atoms with E-state index in [1.165, 1.54) is 12.1 Å². The van der Waals surface area contributed by atoms with Gasteiger partial charge in [-0.05, 0) is 62.9 Å². The summed E-state index contributed by atoms with van der Waals surface area (Å²) in [6.45, 7) is 5.69. The van der Waals surface area contributed by atoms with Gasteiger partial charge in [0, 0.05) is 50.2 Å². The molecule has 1 atom stereocenters. The molecular weight excluding hydrogens is 459 g/mol. The minimum atomic E-state index is -0.360.